The topological polar surface area (TPSA) is 66.4 Å². The number of aliphatic hydroxyl groups is 1. The zero-order chi connectivity index (χ0) is 12.3. The van der Waals surface area contributed by atoms with Gasteiger partial charge in [-0.05, 0) is 31.5 Å². The van der Waals surface area contributed by atoms with Crippen LogP contribution in [-0.2, 0) is 9.84 Å². The fourth-order valence-corrected chi connectivity index (χ4v) is 3.55. The average Bonchev–Trinajstić information content (AvgIpc) is 2.83. The van der Waals surface area contributed by atoms with E-state index in [4.69, 9.17) is 0 Å². The van der Waals surface area contributed by atoms with E-state index in [1.165, 1.54) is 0 Å². The van der Waals surface area contributed by atoms with Crippen LogP contribution in [-0.4, -0.2) is 38.0 Å². The number of nitrogens with one attached hydrogen (secondary N) is 1. The van der Waals surface area contributed by atoms with Gasteiger partial charge in [-0.3, -0.25) is 0 Å². The van der Waals surface area contributed by atoms with Gasteiger partial charge in [0.15, 0.2) is 9.84 Å². The molecular weight excluding hydrogens is 238 g/mol. The van der Waals surface area contributed by atoms with Gasteiger partial charge in [0.25, 0.3) is 0 Å². The average molecular weight is 255 g/mol. The van der Waals surface area contributed by atoms with Crippen molar-refractivity contribution in [1.82, 2.24) is 5.32 Å². The van der Waals surface area contributed by atoms with Gasteiger partial charge in [0.05, 0.1) is 16.8 Å². The van der Waals surface area contributed by atoms with E-state index in [9.17, 15) is 13.5 Å². The van der Waals surface area contributed by atoms with Gasteiger partial charge < -0.3 is 10.4 Å². The largest absolute Gasteiger partial charge is 0.390 e. The van der Waals surface area contributed by atoms with Gasteiger partial charge >= 0.3 is 0 Å². The van der Waals surface area contributed by atoms with Crippen molar-refractivity contribution in [3.8, 4) is 0 Å². The first kappa shape index (κ1) is 12.5. The number of aliphatic hydroxyl groups excluding tert-OH is 1. The molecule has 0 saturated carbocycles. The molecule has 0 radical (unpaired) electrons. The van der Waals surface area contributed by atoms with Crippen LogP contribution in [0.4, 0.5) is 0 Å². The minimum absolute atomic E-state index is 0.0894. The third-order valence-corrected chi connectivity index (χ3v) is 4.83. The second kappa shape index (κ2) is 5.16. The van der Waals surface area contributed by atoms with Crippen molar-refractivity contribution in [2.75, 3.05) is 12.3 Å². The standard InChI is InChI=1S/C12H17NO3S/c14-12(11-7-4-8-13-11)9-17(15,16)10-5-2-1-3-6-10/h1-3,5-6,11-14H,4,7-9H2/t11-,12+/m0/s1. The Morgan fingerprint density at radius 2 is 2.06 bits per heavy atom. The number of rotatable bonds is 4. The second-order valence-corrected chi connectivity index (χ2v) is 6.40. The van der Waals surface area contributed by atoms with E-state index in [0.717, 1.165) is 19.4 Å². The van der Waals surface area contributed by atoms with Crippen LogP contribution >= 0.6 is 0 Å². The molecule has 0 bridgehead atoms. The van der Waals surface area contributed by atoms with E-state index in [1.807, 2.05) is 0 Å². The van der Waals surface area contributed by atoms with Crippen LogP contribution in [0.5, 0.6) is 0 Å². The van der Waals surface area contributed by atoms with Crippen molar-refractivity contribution < 1.29 is 13.5 Å². The molecule has 0 spiro atoms. The maximum absolute atomic E-state index is 12.0. The van der Waals surface area contributed by atoms with Crippen molar-refractivity contribution in [3.05, 3.63) is 30.3 Å². The number of hydrogen-bond acceptors (Lipinski definition) is 4. The van der Waals surface area contributed by atoms with E-state index in [2.05, 4.69) is 5.32 Å². The highest BCUT2D eigenvalue weighted by molar-refractivity contribution is 7.91. The fraction of sp³-hybridized carbons (Fsp3) is 0.500. The quantitative estimate of drug-likeness (QED) is 0.825. The Hall–Kier alpha value is -0.910. The lowest BCUT2D eigenvalue weighted by molar-refractivity contribution is 0.157. The molecule has 2 rings (SSSR count). The second-order valence-electron chi connectivity index (χ2n) is 4.36. The van der Waals surface area contributed by atoms with Gasteiger partial charge in [0.1, 0.15) is 0 Å². The zero-order valence-electron chi connectivity index (χ0n) is 9.54. The molecule has 2 atom stereocenters. The van der Waals surface area contributed by atoms with E-state index < -0.39 is 15.9 Å². The summed E-state index contributed by atoms with van der Waals surface area (Å²) in [5.74, 6) is -0.214. The Morgan fingerprint density at radius 1 is 1.35 bits per heavy atom. The van der Waals surface area contributed by atoms with Crippen molar-refractivity contribution >= 4 is 9.84 Å². The molecule has 1 aromatic rings. The lowest BCUT2D eigenvalue weighted by Gasteiger charge is -2.18. The van der Waals surface area contributed by atoms with Crippen molar-refractivity contribution in [2.45, 2.75) is 29.9 Å². The van der Waals surface area contributed by atoms with Gasteiger partial charge in [0.2, 0.25) is 0 Å². The smallest absolute Gasteiger partial charge is 0.180 e. The van der Waals surface area contributed by atoms with E-state index in [-0.39, 0.29) is 16.7 Å². The highest BCUT2D eigenvalue weighted by Gasteiger charge is 2.28. The maximum atomic E-state index is 12.0. The van der Waals surface area contributed by atoms with Crippen LogP contribution in [0.3, 0.4) is 0 Å². The molecule has 2 N–H and O–H groups in total. The summed E-state index contributed by atoms with van der Waals surface area (Å²) in [7, 11) is -3.39. The Kier molecular flexibility index (Phi) is 3.81. The number of sulfone groups is 1. The molecule has 1 aromatic carbocycles. The third kappa shape index (κ3) is 3.06. The summed E-state index contributed by atoms with van der Waals surface area (Å²) < 4.78 is 24.0. The SMILES string of the molecule is O=S(=O)(C[C@@H](O)[C@@H]1CCCN1)c1ccccc1. The van der Waals surface area contributed by atoms with Gasteiger partial charge in [-0.15, -0.1) is 0 Å². The van der Waals surface area contributed by atoms with Gasteiger partial charge in [-0.25, -0.2) is 8.42 Å². The summed E-state index contributed by atoms with van der Waals surface area (Å²) in [6.45, 7) is 0.854. The first-order valence-electron chi connectivity index (χ1n) is 5.79. The molecule has 0 aromatic heterocycles. The lowest BCUT2D eigenvalue weighted by Crippen LogP contribution is -2.39. The molecule has 0 aliphatic carbocycles. The predicted molar refractivity (Wildman–Crippen MR) is 65.5 cm³/mol. The Labute approximate surface area is 102 Å². The van der Waals surface area contributed by atoms with Crippen LogP contribution in [0.2, 0.25) is 0 Å². The molecule has 17 heavy (non-hydrogen) atoms. The highest BCUT2D eigenvalue weighted by atomic mass is 32.2. The first-order valence-corrected chi connectivity index (χ1v) is 7.44. The van der Waals surface area contributed by atoms with Crippen LogP contribution in [0, 0.1) is 0 Å². The monoisotopic (exact) mass is 255 g/mol. The van der Waals surface area contributed by atoms with Crippen LogP contribution in [0.15, 0.2) is 35.2 Å². The van der Waals surface area contributed by atoms with E-state index in [1.54, 1.807) is 30.3 Å². The van der Waals surface area contributed by atoms with Crippen molar-refractivity contribution in [1.29, 1.82) is 0 Å². The highest BCUT2D eigenvalue weighted by Crippen LogP contribution is 2.16. The molecule has 0 unspecified atom stereocenters. The molecule has 94 valence electrons. The molecule has 5 heteroatoms. The minimum atomic E-state index is -3.39. The molecule has 4 nitrogen and oxygen atoms in total. The summed E-state index contributed by atoms with van der Waals surface area (Å²) >= 11 is 0. The number of benzene rings is 1. The minimum Gasteiger partial charge on any atom is -0.390 e. The number of hydrogen-bond donors (Lipinski definition) is 2. The van der Waals surface area contributed by atoms with E-state index >= 15 is 0 Å². The normalized spacial score (nSPS) is 22.5. The molecule has 1 saturated heterocycles. The van der Waals surface area contributed by atoms with Crippen LogP contribution in [0.1, 0.15) is 12.8 Å². The summed E-state index contributed by atoms with van der Waals surface area (Å²) in [5.41, 5.74) is 0. The Bertz CT molecular complexity index is 452. The zero-order valence-corrected chi connectivity index (χ0v) is 10.4. The van der Waals surface area contributed by atoms with Crippen molar-refractivity contribution in [3.63, 3.8) is 0 Å². The van der Waals surface area contributed by atoms with Crippen LogP contribution < -0.4 is 5.32 Å². The Morgan fingerprint density at radius 3 is 2.65 bits per heavy atom. The molecule has 1 aliphatic rings. The van der Waals surface area contributed by atoms with Gasteiger partial charge in [-0.1, -0.05) is 18.2 Å². The molecule has 1 aliphatic heterocycles. The summed E-state index contributed by atoms with van der Waals surface area (Å²) in [6, 6.07) is 8.18. The maximum Gasteiger partial charge on any atom is 0.180 e. The lowest BCUT2D eigenvalue weighted by atomic mass is 10.1. The van der Waals surface area contributed by atoms with E-state index in [0.29, 0.717) is 0 Å². The molecular formula is C12H17NO3S. The first-order chi connectivity index (χ1) is 8.09. The van der Waals surface area contributed by atoms with Gasteiger partial charge in [0, 0.05) is 6.04 Å². The summed E-state index contributed by atoms with van der Waals surface area (Å²) in [6.07, 6.45) is 1.00. The van der Waals surface area contributed by atoms with Crippen molar-refractivity contribution in [2.24, 2.45) is 0 Å². The molecule has 0 amide bonds. The third-order valence-electron chi connectivity index (χ3n) is 3.06. The fourth-order valence-electron chi connectivity index (χ4n) is 2.10. The van der Waals surface area contributed by atoms with Gasteiger partial charge in [-0.2, -0.15) is 0 Å². The predicted octanol–water partition coefficient (Wildman–Crippen LogP) is 0.573. The summed E-state index contributed by atoms with van der Waals surface area (Å²) in [5, 5.41) is 13.0. The molecule has 1 heterocycles. The summed E-state index contributed by atoms with van der Waals surface area (Å²) in [4.78, 5) is 0.275. The Balaban J connectivity index is 2.07. The van der Waals surface area contributed by atoms with Crippen LogP contribution in [0.25, 0.3) is 0 Å². The molecule has 1 fully saturated rings.